The summed E-state index contributed by atoms with van der Waals surface area (Å²) in [5, 5.41) is 28.9. The molecule has 0 aliphatic heterocycles. The van der Waals surface area contributed by atoms with Crippen LogP contribution in [0.15, 0.2) is 23.8 Å². The second-order valence-corrected chi connectivity index (χ2v) is 9.29. The smallest absolute Gasteiger partial charge is 0.308 e. The lowest BCUT2D eigenvalue weighted by Crippen LogP contribution is -2.41. The Hall–Kier alpha value is -1.66. The molecule has 0 fully saturated rings. The fourth-order valence-electron chi connectivity index (χ4n) is 4.76. The average Bonchev–Trinajstić information content (AvgIpc) is 2.65. The molecule has 0 saturated heterocycles. The van der Waals surface area contributed by atoms with Gasteiger partial charge < -0.3 is 20.1 Å². The zero-order chi connectivity index (χ0) is 22.4. The highest BCUT2D eigenvalue weighted by molar-refractivity contribution is 5.72. The number of hydrogen-bond donors (Lipinski definition) is 3. The topological polar surface area (TPSA) is 104 Å². The van der Waals surface area contributed by atoms with Gasteiger partial charge in [-0.3, -0.25) is 9.59 Å². The first-order chi connectivity index (χ1) is 14.1. The van der Waals surface area contributed by atoms with Crippen LogP contribution in [0.3, 0.4) is 0 Å². The highest BCUT2D eigenvalue weighted by Gasteiger charge is 2.41. The average molecular weight is 423 g/mol. The molecule has 0 bridgehead atoms. The van der Waals surface area contributed by atoms with Gasteiger partial charge in [0.15, 0.2) is 0 Å². The molecule has 0 heterocycles. The maximum atomic E-state index is 12.5. The molecule has 6 heteroatoms. The van der Waals surface area contributed by atoms with Crippen molar-refractivity contribution in [1.29, 1.82) is 0 Å². The summed E-state index contributed by atoms with van der Waals surface area (Å²) in [5.41, 5.74) is 1.21. The second kappa shape index (κ2) is 11.1. The predicted molar refractivity (Wildman–Crippen MR) is 115 cm³/mol. The van der Waals surface area contributed by atoms with Gasteiger partial charge in [-0.2, -0.15) is 0 Å². The van der Waals surface area contributed by atoms with Crippen LogP contribution in [-0.4, -0.2) is 45.6 Å². The molecule has 0 aromatic carbocycles. The van der Waals surface area contributed by atoms with Gasteiger partial charge >= 0.3 is 11.9 Å². The van der Waals surface area contributed by atoms with Crippen LogP contribution in [0.1, 0.15) is 66.2 Å². The quantitative estimate of drug-likeness (QED) is 0.464. The van der Waals surface area contributed by atoms with Crippen LogP contribution in [0.2, 0.25) is 0 Å². The highest BCUT2D eigenvalue weighted by atomic mass is 16.5. The summed E-state index contributed by atoms with van der Waals surface area (Å²) in [7, 11) is 0. The number of aliphatic hydroxyl groups excluding tert-OH is 2. The van der Waals surface area contributed by atoms with Gasteiger partial charge in [-0.1, -0.05) is 45.9 Å². The standard InChI is InChI=1S/C24H38O6/c1-5-15(3)24(29)30-21-11-14(2)10-17-7-6-16(4)20(23(17)21)9-8-18(25)12-19(26)13-22(27)28/h6-7,10,14-16,18-21,23,25-26H,5,8-9,11-13H2,1-4H3,(H,27,28)/t14-,15+,16+,18+,19+,20+,21-,23-/m1/s1. The van der Waals surface area contributed by atoms with Crippen molar-refractivity contribution in [3.8, 4) is 0 Å². The number of hydrogen-bond acceptors (Lipinski definition) is 5. The molecule has 0 saturated carbocycles. The Morgan fingerprint density at radius 3 is 2.57 bits per heavy atom. The van der Waals surface area contributed by atoms with Gasteiger partial charge in [-0.25, -0.2) is 0 Å². The number of carbonyl (C=O) groups excluding carboxylic acids is 1. The Kier molecular flexibility index (Phi) is 9.10. The first kappa shape index (κ1) is 24.6. The lowest BCUT2D eigenvalue weighted by atomic mass is 9.65. The number of carboxylic acids is 1. The van der Waals surface area contributed by atoms with E-state index in [9.17, 15) is 19.8 Å². The number of aliphatic hydroxyl groups is 2. The first-order valence-electron chi connectivity index (χ1n) is 11.3. The minimum absolute atomic E-state index is 0.0556. The van der Waals surface area contributed by atoms with Crippen LogP contribution in [0.4, 0.5) is 0 Å². The van der Waals surface area contributed by atoms with Crippen molar-refractivity contribution in [1.82, 2.24) is 0 Å². The molecule has 2 rings (SSSR count). The van der Waals surface area contributed by atoms with Crippen LogP contribution in [0, 0.1) is 29.6 Å². The van der Waals surface area contributed by atoms with Crippen molar-refractivity contribution >= 4 is 11.9 Å². The molecule has 2 aliphatic carbocycles. The van der Waals surface area contributed by atoms with E-state index in [1.807, 2.05) is 13.8 Å². The van der Waals surface area contributed by atoms with E-state index < -0.39 is 18.2 Å². The Morgan fingerprint density at radius 2 is 1.93 bits per heavy atom. The lowest BCUT2D eigenvalue weighted by molar-refractivity contribution is -0.158. The van der Waals surface area contributed by atoms with Crippen LogP contribution in [-0.2, 0) is 14.3 Å². The molecule has 0 spiro atoms. The predicted octanol–water partition coefficient (Wildman–Crippen LogP) is 3.72. The molecule has 2 aliphatic rings. The van der Waals surface area contributed by atoms with Crippen molar-refractivity contribution in [2.24, 2.45) is 29.6 Å². The summed E-state index contributed by atoms with van der Waals surface area (Å²) in [6, 6.07) is 0. The fraction of sp³-hybridized carbons (Fsp3) is 0.750. The molecule has 8 atom stereocenters. The van der Waals surface area contributed by atoms with Gasteiger partial charge in [-0.05, 0) is 55.4 Å². The Labute approximate surface area is 180 Å². The van der Waals surface area contributed by atoms with E-state index >= 15 is 0 Å². The minimum atomic E-state index is -1.07. The zero-order valence-electron chi connectivity index (χ0n) is 18.7. The SMILES string of the molecule is CC[C@H](C)C(=O)O[C@@H]1C[C@H](C)C=C2C=C[C@H](C)[C@H](CC[C@H](O)C[C@H](O)CC(=O)O)[C@@H]21. The van der Waals surface area contributed by atoms with Crippen molar-refractivity contribution < 1.29 is 29.6 Å². The largest absolute Gasteiger partial charge is 0.481 e. The molecule has 30 heavy (non-hydrogen) atoms. The number of carbonyl (C=O) groups is 2. The van der Waals surface area contributed by atoms with Crippen LogP contribution >= 0.6 is 0 Å². The Bertz CT molecular complexity index is 654. The molecule has 0 amide bonds. The number of rotatable bonds is 10. The Morgan fingerprint density at radius 1 is 1.23 bits per heavy atom. The molecular weight excluding hydrogens is 384 g/mol. The van der Waals surface area contributed by atoms with Gasteiger partial charge in [0.25, 0.3) is 0 Å². The number of carboxylic acid groups (broad SMARTS) is 1. The number of esters is 1. The van der Waals surface area contributed by atoms with Gasteiger partial charge in [0.1, 0.15) is 6.10 Å². The van der Waals surface area contributed by atoms with Crippen LogP contribution in [0.25, 0.3) is 0 Å². The summed E-state index contributed by atoms with van der Waals surface area (Å²) < 4.78 is 6.00. The van der Waals surface area contributed by atoms with Crippen LogP contribution in [0.5, 0.6) is 0 Å². The number of fused-ring (bicyclic) bond motifs is 1. The van der Waals surface area contributed by atoms with Crippen LogP contribution < -0.4 is 0 Å². The molecule has 0 radical (unpaired) electrons. The van der Waals surface area contributed by atoms with Gasteiger partial charge in [-0.15, -0.1) is 0 Å². The lowest BCUT2D eigenvalue weighted by Gasteiger charge is -2.43. The third kappa shape index (κ3) is 6.67. The van der Waals surface area contributed by atoms with E-state index in [-0.39, 0.29) is 48.6 Å². The van der Waals surface area contributed by atoms with Gasteiger partial charge in [0, 0.05) is 5.92 Å². The van der Waals surface area contributed by atoms with E-state index in [2.05, 4.69) is 32.1 Å². The normalized spacial score (nSPS) is 31.3. The number of allylic oxidation sites excluding steroid dienone is 3. The molecule has 0 unspecified atom stereocenters. The van der Waals surface area contributed by atoms with Crippen molar-refractivity contribution in [3.63, 3.8) is 0 Å². The summed E-state index contributed by atoms with van der Waals surface area (Å²) in [6.07, 6.45) is 7.07. The minimum Gasteiger partial charge on any atom is -0.481 e. The molecule has 6 nitrogen and oxygen atoms in total. The molecule has 3 N–H and O–H groups in total. The summed E-state index contributed by atoms with van der Waals surface area (Å²) >= 11 is 0. The van der Waals surface area contributed by atoms with E-state index in [0.717, 1.165) is 19.3 Å². The molecule has 0 aromatic heterocycles. The third-order valence-corrected chi connectivity index (χ3v) is 6.67. The van der Waals surface area contributed by atoms with Crippen molar-refractivity contribution in [3.05, 3.63) is 23.8 Å². The summed E-state index contributed by atoms with van der Waals surface area (Å²) in [4.78, 5) is 23.2. The summed E-state index contributed by atoms with van der Waals surface area (Å²) in [5.74, 6) is -0.406. The monoisotopic (exact) mass is 422 g/mol. The summed E-state index contributed by atoms with van der Waals surface area (Å²) in [6.45, 7) is 8.16. The number of ether oxygens (including phenoxy) is 1. The number of aliphatic carboxylic acids is 1. The maximum absolute atomic E-state index is 12.5. The van der Waals surface area contributed by atoms with Gasteiger partial charge in [0.2, 0.25) is 0 Å². The molecule has 170 valence electrons. The van der Waals surface area contributed by atoms with E-state index in [1.165, 1.54) is 5.57 Å². The Balaban J connectivity index is 2.09. The van der Waals surface area contributed by atoms with E-state index in [4.69, 9.17) is 9.84 Å². The third-order valence-electron chi connectivity index (χ3n) is 6.67. The first-order valence-corrected chi connectivity index (χ1v) is 11.3. The highest BCUT2D eigenvalue weighted by Crippen LogP contribution is 2.45. The second-order valence-electron chi connectivity index (χ2n) is 9.29. The van der Waals surface area contributed by atoms with Crippen molar-refractivity contribution in [2.45, 2.75) is 84.5 Å². The van der Waals surface area contributed by atoms with E-state index in [1.54, 1.807) is 0 Å². The maximum Gasteiger partial charge on any atom is 0.308 e. The zero-order valence-corrected chi connectivity index (χ0v) is 18.7. The molecule has 0 aromatic rings. The fourth-order valence-corrected chi connectivity index (χ4v) is 4.76. The van der Waals surface area contributed by atoms with Gasteiger partial charge in [0.05, 0.1) is 24.5 Å². The van der Waals surface area contributed by atoms with E-state index in [0.29, 0.717) is 12.3 Å². The molecular formula is C24H38O6. The van der Waals surface area contributed by atoms with Crippen molar-refractivity contribution in [2.75, 3.05) is 0 Å².